The van der Waals surface area contributed by atoms with Gasteiger partial charge in [0.2, 0.25) is 0 Å². The number of benzene rings is 1. The van der Waals surface area contributed by atoms with Crippen LogP contribution in [0, 0.1) is 6.92 Å². The summed E-state index contributed by atoms with van der Waals surface area (Å²) >= 11 is 6.06. The van der Waals surface area contributed by atoms with Crippen molar-refractivity contribution in [1.29, 1.82) is 0 Å². The summed E-state index contributed by atoms with van der Waals surface area (Å²) in [4.78, 5) is 0.105. The maximum Gasteiger partial charge on any atom is 0.265 e. The van der Waals surface area contributed by atoms with Gasteiger partial charge in [0, 0.05) is 12.6 Å². The van der Waals surface area contributed by atoms with E-state index in [9.17, 15) is 8.42 Å². The van der Waals surface area contributed by atoms with Crippen molar-refractivity contribution < 1.29 is 17.9 Å². The van der Waals surface area contributed by atoms with E-state index in [0.717, 1.165) is 0 Å². The number of ether oxygens (including phenoxy) is 2. The molecule has 0 aliphatic carbocycles. The molecule has 2 rings (SSSR count). The summed E-state index contributed by atoms with van der Waals surface area (Å²) in [5.41, 5.74) is 0.778. The number of sulfonamides is 1. The summed E-state index contributed by atoms with van der Waals surface area (Å²) in [5, 5.41) is 4.32. The van der Waals surface area contributed by atoms with E-state index in [1.165, 1.54) is 32.5 Å². The summed E-state index contributed by atoms with van der Waals surface area (Å²) in [5.74, 6) is 0.691. The Kier molecular flexibility index (Phi) is 5.06. The first-order valence-corrected chi connectivity index (χ1v) is 8.66. The van der Waals surface area contributed by atoms with E-state index in [4.69, 9.17) is 21.1 Å². The lowest BCUT2D eigenvalue weighted by Crippen LogP contribution is -2.15. The molecule has 0 fully saturated rings. The van der Waals surface area contributed by atoms with Crippen LogP contribution in [0.2, 0.25) is 5.02 Å². The fraction of sp³-hybridized carbons (Fsp3) is 0.357. The first-order chi connectivity index (χ1) is 10.8. The Morgan fingerprint density at radius 1 is 1.26 bits per heavy atom. The Labute approximate surface area is 140 Å². The van der Waals surface area contributed by atoms with Crippen molar-refractivity contribution in [2.75, 3.05) is 18.9 Å². The zero-order valence-corrected chi connectivity index (χ0v) is 14.8. The van der Waals surface area contributed by atoms with Gasteiger partial charge in [-0.25, -0.2) is 8.42 Å². The van der Waals surface area contributed by atoms with Crippen LogP contribution in [0.4, 0.5) is 5.69 Å². The van der Waals surface area contributed by atoms with Gasteiger partial charge in [-0.2, -0.15) is 5.10 Å². The van der Waals surface area contributed by atoms with Crippen LogP contribution in [0.5, 0.6) is 11.5 Å². The van der Waals surface area contributed by atoms with Crippen LogP contribution in [-0.2, 0) is 16.6 Å². The predicted octanol–water partition coefficient (Wildman–Crippen LogP) is 2.68. The van der Waals surface area contributed by atoms with Crippen LogP contribution in [0.15, 0.2) is 23.2 Å². The van der Waals surface area contributed by atoms with Crippen molar-refractivity contribution in [2.45, 2.75) is 25.3 Å². The number of halogens is 1. The molecule has 126 valence electrons. The van der Waals surface area contributed by atoms with Gasteiger partial charge in [0.1, 0.15) is 16.4 Å². The van der Waals surface area contributed by atoms with Gasteiger partial charge in [0.25, 0.3) is 10.0 Å². The minimum absolute atomic E-state index is 0.105. The quantitative estimate of drug-likeness (QED) is 0.857. The lowest BCUT2D eigenvalue weighted by Gasteiger charge is -2.14. The molecule has 0 aliphatic rings. The second kappa shape index (κ2) is 6.67. The van der Waals surface area contributed by atoms with Crippen LogP contribution in [0.25, 0.3) is 0 Å². The molecule has 0 radical (unpaired) electrons. The number of hydrogen-bond donors (Lipinski definition) is 1. The fourth-order valence-electron chi connectivity index (χ4n) is 2.15. The van der Waals surface area contributed by atoms with Crippen LogP contribution in [-0.4, -0.2) is 32.4 Å². The highest BCUT2D eigenvalue weighted by atomic mass is 35.5. The Hall–Kier alpha value is -1.93. The number of hydrogen-bond acceptors (Lipinski definition) is 5. The topological polar surface area (TPSA) is 82.5 Å². The number of aryl methyl sites for hydroxylation is 1. The maximum absolute atomic E-state index is 12.6. The number of methoxy groups -OCH3 is 2. The Morgan fingerprint density at radius 2 is 1.91 bits per heavy atom. The molecule has 7 nitrogen and oxygen atoms in total. The van der Waals surface area contributed by atoms with Gasteiger partial charge < -0.3 is 9.47 Å². The zero-order valence-electron chi connectivity index (χ0n) is 13.3. The molecule has 0 bridgehead atoms. The van der Waals surface area contributed by atoms with Gasteiger partial charge in [-0.15, -0.1) is 0 Å². The summed E-state index contributed by atoms with van der Waals surface area (Å²) in [7, 11) is -0.918. The van der Waals surface area contributed by atoms with Gasteiger partial charge in [-0.3, -0.25) is 9.40 Å². The summed E-state index contributed by atoms with van der Waals surface area (Å²) in [6.45, 7) is 4.17. The summed E-state index contributed by atoms with van der Waals surface area (Å²) < 4.78 is 39.6. The highest BCUT2D eigenvalue weighted by molar-refractivity contribution is 7.92. The first kappa shape index (κ1) is 17.4. The second-order valence-electron chi connectivity index (χ2n) is 4.70. The molecule has 0 spiro atoms. The average molecular weight is 360 g/mol. The number of nitrogens with one attached hydrogen (secondary N) is 1. The molecular weight excluding hydrogens is 342 g/mol. The first-order valence-electron chi connectivity index (χ1n) is 6.80. The smallest absolute Gasteiger partial charge is 0.265 e. The van der Waals surface area contributed by atoms with Gasteiger partial charge in [-0.05, 0) is 19.9 Å². The Bertz CT molecular complexity index is 818. The predicted molar refractivity (Wildman–Crippen MR) is 88.0 cm³/mol. The fourth-order valence-corrected chi connectivity index (χ4v) is 3.63. The van der Waals surface area contributed by atoms with Crippen molar-refractivity contribution >= 4 is 27.3 Å². The molecule has 0 atom stereocenters. The van der Waals surface area contributed by atoms with E-state index < -0.39 is 10.0 Å². The lowest BCUT2D eigenvalue weighted by atomic mass is 10.3. The largest absolute Gasteiger partial charge is 0.495 e. The van der Waals surface area contributed by atoms with E-state index in [-0.39, 0.29) is 15.6 Å². The molecule has 0 unspecified atom stereocenters. The van der Waals surface area contributed by atoms with E-state index in [0.29, 0.717) is 23.7 Å². The molecule has 0 amide bonds. The molecule has 0 aliphatic heterocycles. The van der Waals surface area contributed by atoms with Crippen LogP contribution >= 0.6 is 11.6 Å². The monoisotopic (exact) mass is 359 g/mol. The highest BCUT2D eigenvalue weighted by Crippen LogP contribution is 2.37. The molecule has 1 heterocycles. The standard InChI is InChI=1S/C14H18ClN3O4S/c1-5-18-9(2)14(8-16-18)23(19,20)17-11-6-10(15)12(21-3)7-13(11)22-4/h6-8,17H,5H2,1-4H3. The van der Waals surface area contributed by atoms with Crippen LogP contribution < -0.4 is 14.2 Å². The third kappa shape index (κ3) is 3.37. The number of anilines is 1. The van der Waals surface area contributed by atoms with E-state index in [2.05, 4.69) is 9.82 Å². The van der Waals surface area contributed by atoms with Gasteiger partial charge >= 0.3 is 0 Å². The third-order valence-electron chi connectivity index (χ3n) is 3.37. The average Bonchev–Trinajstić information content (AvgIpc) is 2.89. The molecular formula is C14H18ClN3O4S. The van der Waals surface area contributed by atoms with Gasteiger partial charge in [0.05, 0.1) is 36.8 Å². The van der Waals surface area contributed by atoms with Crippen molar-refractivity contribution in [3.05, 3.63) is 29.0 Å². The second-order valence-corrected chi connectivity index (χ2v) is 6.76. The molecule has 1 aromatic carbocycles. The van der Waals surface area contributed by atoms with E-state index in [1.807, 2.05) is 6.92 Å². The summed E-state index contributed by atoms with van der Waals surface area (Å²) in [6, 6.07) is 2.96. The minimum Gasteiger partial charge on any atom is -0.495 e. The molecule has 2 aromatic rings. The molecule has 9 heteroatoms. The molecule has 1 aromatic heterocycles. The van der Waals surface area contributed by atoms with E-state index in [1.54, 1.807) is 11.6 Å². The molecule has 0 saturated carbocycles. The lowest BCUT2D eigenvalue weighted by molar-refractivity contribution is 0.396. The molecule has 1 N–H and O–H groups in total. The number of aromatic nitrogens is 2. The van der Waals surface area contributed by atoms with Crippen molar-refractivity contribution in [2.24, 2.45) is 0 Å². The van der Waals surface area contributed by atoms with Crippen molar-refractivity contribution in [1.82, 2.24) is 9.78 Å². The SMILES string of the molecule is CCn1ncc(S(=O)(=O)Nc2cc(Cl)c(OC)cc2OC)c1C. The highest BCUT2D eigenvalue weighted by Gasteiger charge is 2.23. The summed E-state index contributed by atoms with van der Waals surface area (Å²) in [6.07, 6.45) is 1.32. The minimum atomic E-state index is -3.81. The van der Waals surface area contributed by atoms with Gasteiger partial charge in [-0.1, -0.05) is 11.6 Å². The number of nitrogens with zero attached hydrogens (tertiary/aromatic N) is 2. The maximum atomic E-state index is 12.6. The zero-order chi connectivity index (χ0) is 17.2. The Morgan fingerprint density at radius 3 is 2.43 bits per heavy atom. The Balaban J connectivity index is 2.44. The van der Waals surface area contributed by atoms with Crippen molar-refractivity contribution in [3.8, 4) is 11.5 Å². The molecule has 0 saturated heterocycles. The van der Waals surface area contributed by atoms with E-state index >= 15 is 0 Å². The van der Waals surface area contributed by atoms with Crippen LogP contribution in [0.1, 0.15) is 12.6 Å². The van der Waals surface area contributed by atoms with Gasteiger partial charge in [0.15, 0.2) is 0 Å². The van der Waals surface area contributed by atoms with Crippen molar-refractivity contribution in [3.63, 3.8) is 0 Å². The van der Waals surface area contributed by atoms with Crippen LogP contribution in [0.3, 0.4) is 0 Å². The number of rotatable bonds is 6. The third-order valence-corrected chi connectivity index (χ3v) is 5.13. The normalized spacial score (nSPS) is 11.3. The molecule has 23 heavy (non-hydrogen) atoms.